The maximum Gasteiger partial charge on any atom is 0.0682 e. The van der Waals surface area contributed by atoms with Crippen LogP contribution in [0.2, 0.25) is 0 Å². The molecule has 0 unspecified atom stereocenters. The minimum absolute atomic E-state index is 0.0176. The van der Waals surface area contributed by atoms with Crippen LogP contribution in [0.25, 0.3) is 0 Å². The zero-order valence-electron chi connectivity index (χ0n) is 8.58. The molecule has 0 amide bonds. The first-order chi connectivity index (χ1) is 6.19. The number of aliphatic hydroxyl groups is 1. The molecule has 0 heterocycles. The summed E-state index contributed by atoms with van der Waals surface area (Å²) in [6, 6.07) is 0. The Hall–Kier alpha value is -1.02. The smallest absolute Gasteiger partial charge is 0.0682 e. The maximum absolute atomic E-state index is 8.90. The largest absolute Gasteiger partial charge is 0.392 e. The van der Waals surface area contributed by atoms with Crippen LogP contribution >= 0.6 is 0 Å². The second-order valence-corrected chi connectivity index (χ2v) is 2.75. The third kappa shape index (κ3) is 3.95. The highest BCUT2D eigenvalue weighted by molar-refractivity contribution is 5.26. The lowest BCUT2D eigenvalue weighted by Crippen LogP contribution is -2.20. The summed E-state index contributed by atoms with van der Waals surface area (Å²) in [5.41, 5.74) is 1.73. The fraction of sp³-hybridized carbons (Fsp3) is 0.455. The van der Waals surface area contributed by atoms with E-state index in [1.165, 1.54) is 0 Å². The Balaban J connectivity index is 4.40. The summed E-state index contributed by atoms with van der Waals surface area (Å²) in [4.78, 5) is 2.12. The van der Waals surface area contributed by atoms with Crippen molar-refractivity contribution in [2.75, 3.05) is 19.7 Å². The van der Waals surface area contributed by atoms with Crippen LogP contribution in [0.5, 0.6) is 0 Å². The van der Waals surface area contributed by atoms with Crippen LogP contribution < -0.4 is 0 Å². The van der Waals surface area contributed by atoms with Crippen molar-refractivity contribution in [1.29, 1.82) is 0 Å². The Bertz CT molecular complexity index is 202. The quantitative estimate of drug-likeness (QED) is 0.633. The molecule has 0 atom stereocenters. The van der Waals surface area contributed by atoms with E-state index in [0.29, 0.717) is 0 Å². The molecule has 0 aliphatic heterocycles. The van der Waals surface area contributed by atoms with Gasteiger partial charge >= 0.3 is 0 Å². The van der Waals surface area contributed by atoms with Crippen LogP contribution in [-0.2, 0) is 0 Å². The molecule has 0 fully saturated rings. The van der Waals surface area contributed by atoms with Crippen molar-refractivity contribution in [2.24, 2.45) is 0 Å². The van der Waals surface area contributed by atoms with Gasteiger partial charge in [-0.3, -0.25) is 0 Å². The predicted octanol–water partition coefficient (Wildman–Crippen LogP) is 1.95. The van der Waals surface area contributed by atoms with Gasteiger partial charge in [-0.2, -0.15) is 0 Å². The standard InChI is InChI=1S/C11H19NO/c1-5-11(9-13)8-10(4)12(6-2)7-3/h5,8,13H,1,4,6-7,9H2,2-3H3/b11-8+. The summed E-state index contributed by atoms with van der Waals surface area (Å²) in [7, 11) is 0. The molecule has 0 aliphatic rings. The number of allylic oxidation sites excluding steroid dienone is 1. The van der Waals surface area contributed by atoms with Crippen LogP contribution in [0.4, 0.5) is 0 Å². The average molecular weight is 181 g/mol. The summed E-state index contributed by atoms with van der Waals surface area (Å²) in [6.07, 6.45) is 3.51. The van der Waals surface area contributed by atoms with E-state index < -0.39 is 0 Å². The first-order valence-electron chi connectivity index (χ1n) is 4.57. The van der Waals surface area contributed by atoms with Crippen LogP contribution in [0, 0.1) is 0 Å². The van der Waals surface area contributed by atoms with Gasteiger partial charge < -0.3 is 10.0 Å². The summed E-state index contributed by atoms with van der Waals surface area (Å²) < 4.78 is 0. The van der Waals surface area contributed by atoms with E-state index in [1.54, 1.807) is 6.08 Å². The number of likely N-dealkylation sites (N-methyl/N-ethyl adjacent to an activating group) is 1. The lowest BCUT2D eigenvalue weighted by atomic mass is 10.2. The molecular formula is C11H19NO. The number of nitrogens with zero attached hydrogens (tertiary/aromatic N) is 1. The Morgan fingerprint density at radius 2 is 1.92 bits per heavy atom. The molecule has 2 nitrogen and oxygen atoms in total. The van der Waals surface area contributed by atoms with E-state index in [2.05, 4.69) is 31.9 Å². The van der Waals surface area contributed by atoms with E-state index in [4.69, 9.17) is 5.11 Å². The molecule has 0 rings (SSSR count). The highest BCUT2D eigenvalue weighted by Gasteiger charge is 1.99. The van der Waals surface area contributed by atoms with Crippen molar-refractivity contribution in [3.05, 3.63) is 36.6 Å². The topological polar surface area (TPSA) is 23.5 Å². The third-order valence-electron chi connectivity index (χ3n) is 1.97. The van der Waals surface area contributed by atoms with Crippen LogP contribution in [0.1, 0.15) is 13.8 Å². The highest BCUT2D eigenvalue weighted by Crippen LogP contribution is 2.06. The van der Waals surface area contributed by atoms with Gasteiger partial charge in [0.2, 0.25) is 0 Å². The van der Waals surface area contributed by atoms with Crippen molar-refractivity contribution >= 4 is 0 Å². The fourth-order valence-electron chi connectivity index (χ4n) is 1.10. The number of hydrogen-bond donors (Lipinski definition) is 1. The summed E-state index contributed by atoms with van der Waals surface area (Å²) >= 11 is 0. The lowest BCUT2D eigenvalue weighted by molar-refractivity contribution is 0.333. The van der Waals surface area contributed by atoms with Crippen molar-refractivity contribution in [2.45, 2.75) is 13.8 Å². The Labute approximate surface area is 80.9 Å². The minimum Gasteiger partial charge on any atom is -0.392 e. The van der Waals surface area contributed by atoms with Gasteiger partial charge in [-0.05, 0) is 25.5 Å². The third-order valence-corrected chi connectivity index (χ3v) is 1.97. The van der Waals surface area contributed by atoms with E-state index in [9.17, 15) is 0 Å². The maximum atomic E-state index is 8.90. The molecule has 13 heavy (non-hydrogen) atoms. The molecule has 0 aromatic heterocycles. The van der Waals surface area contributed by atoms with Gasteiger partial charge in [0.05, 0.1) is 6.61 Å². The molecule has 0 spiro atoms. The monoisotopic (exact) mass is 181 g/mol. The predicted molar refractivity (Wildman–Crippen MR) is 57.4 cm³/mol. The Kier molecular flexibility index (Phi) is 5.98. The fourth-order valence-corrected chi connectivity index (χ4v) is 1.10. The second kappa shape index (κ2) is 6.49. The van der Waals surface area contributed by atoms with E-state index in [0.717, 1.165) is 24.4 Å². The van der Waals surface area contributed by atoms with E-state index in [1.807, 2.05) is 6.08 Å². The number of rotatable bonds is 6. The Morgan fingerprint density at radius 3 is 2.23 bits per heavy atom. The van der Waals surface area contributed by atoms with Gasteiger partial charge in [-0.1, -0.05) is 19.2 Å². The molecule has 0 aromatic rings. The number of hydrogen-bond acceptors (Lipinski definition) is 2. The summed E-state index contributed by atoms with van der Waals surface area (Å²) in [6.45, 7) is 13.6. The van der Waals surface area contributed by atoms with Crippen LogP contribution in [0.3, 0.4) is 0 Å². The molecule has 0 aliphatic carbocycles. The summed E-state index contributed by atoms with van der Waals surface area (Å²) in [5.74, 6) is 0. The summed E-state index contributed by atoms with van der Waals surface area (Å²) in [5, 5.41) is 8.90. The average Bonchev–Trinajstić information content (AvgIpc) is 2.16. The molecule has 0 bridgehead atoms. The van der Waals surface area contributed by atoms with Gasteiger partial charge in [0, 0.05) is 18.8 Å². The molecule has 74 valence electrons. The molecule has 0 aromatic carbocycles. The first kappa shape index (κ1) is 12.0. The normalized spacial score (nSPS) is 11.2. The van der Waals surface area contributed by atoms with Gasteiger partial charge in [0.1, 0.15) is 0 Å². The molecule has 2 heteroatoms. The van der Waals surface area contributed by atoms with E-state index >= 15 is 0 Å². The minimum atomic E-state index is 0.0176. The zero-order chi connectivity index (χ0) is 10.3. The molecule has 1 N–H and O–H groups in total. The highest BCUT2D eigenvalue weighted by atomic mass is 16.3. The van der Waals surface area contributed by atoms with Gasteiger partial charge in [-0.15, -0.1) is 0 Å². The first-order valence-corrected chi connectivity index (χ1v) is 4.57. The molecule has 0 saturated carbocycles. The SMILES string of the molecule is C=C/C(=C\C(=C)N(CC)CC)CO. The number of aliphatic hydroxyl groups excluding tert-OH is 1. The van der Waals surface area contributed by atoms with Crippen LogP contribution in [-0.4, -0.2) is 29.7 Å². The molecule has 0 radical (unpaired) electrons. The van der Waals surface area contributed by atoms with Crippen molar-refractivity contribution < 1.29 is 5.11 Å². The van der Waals surface area contributed by atoms with Gasteiger partial charge in [0.25, 0.3) is 0 Å². The Morgan fingerprint density at radius 1 is 1.38 bits per heavy atom. The van der Waals surface area contributed by atoms with Crippen molar-refractivity contribution in [1.82, 2.24) is 4.90 Å². The second-order valence-electron chi connectivity index (χ2n) is 2.75. The van der Waals surface area contributed by atoms with Crippen molar-refractivity contribution in [3.63, 3.8) is 0 Å². The van der Waals surface area contributed by atoms with Gasteiger partial charge in [0.15, 0.2) is 0 Å². The van der Waals surface area contributed by atoms with Crippen LogP contribution in [0.15, 0.2) is 36.6 Å². The van der Waals surface area contributed by atoms with Gasteiger partial charge in [-0.25, -0.2) is 0 Å². The molecular weight excluding hydrogens is 162 g/mol. The van der Waals surface area contributed by atoms with Crippen molar-refractivity contribution in [3.8, 4) is 0 Å². The van der Waals surface area contributed by atoms with E-state index in [-0.39, 0.29) is 6.61 Å². The zero-order valence-corrected chi connectivity index (χ0v) is 8.58. The lowest BCUT2D eigenvalue weighted by Gasteiger charge is -2.21. The molecule has 0 saturated heterocycles.